The van der Waals surface area contributed by atoms with Crippen molar-refractivity contribution in [1.29, 1.82) is 0 Å². The van der Waals surface area contributed by atoms with Gasteiger partial charge in [-0.2, -0.15) is 0 Å². The van der Waals surface area contributed by atoms with Crippen LogP contribution in [-0.2, 0) is 0 Å². The van der Waals surface area contributed by atoms with Crippen molar-refractivity contribution in [1.82, 2.24) is 9.80 Å². The number of nitrogens with zero attached hydrogens (tertiary/aromatic N) is 3. The second-order valence-corrected chi connectivity index (χ2v) is 7.23. The SMILES string of the molecule is CCC1CCCCN1C(=O)N1CCN(c2cccc(C)c2C)CC1. The van der Waals surface area contributed by atoms with E-state index in [9.17, 15) is 4.79 Å². The number of aryl methyl sites for hydroxylation is 1. The number of hydrogen-bond acceptors (Lipinski definition) is 2. The van der Waals surface area contributed by atoms with E-state index in [1.54, 1.807) is 0 Å². The van der Waals surface area contributed by atoms with E-state index in [1.165, 1.54) is 29.7 Å². The Balaban J connectivity index is 1.62. The Kier molecular flexibility index (Phi) is 5.32. The largest absolute Gasteiger partial charge is 0.368 e. The fourth-order valence-electron chi connectivity index (χ4n) is 4.08. The highest BCUT2D eigenvalue weighted by atomic mass is 16.2. The van der Waals surface area contributed by atoms with Crippen molar-refractivity contribution in [2.24, 2.45) is 0 Å². The Morgan fingerprint density at radius 2 is 1.83 bits per heavy atom. The number of carbonyl (C=O) groups excluding carboxylic acids is 1. The van der Waals surface area contributed by atoms with Crippen LogP contribution < -0.4 is 4.90 Å². The smallest absolute Gasteiger partial charge is 0.320 e. The first kappa shape index (κ1) is 17.1. The molecule has 0 spiro atoms. The Labute approximate surface area is 146 Å². The van der Waals surface area contributed by atoms with Gasteiger partial charge in [-0.05, 0) is 56.7 Å². The molecule has 1 unspecified atom stereocenters. The molecule has 2 saturated heterocycles. The maximum absolute atomic E-state index is 12.9. The minimum Gasteiger partial charge on any atom is -0.368 e. The fraction of sp³-hybridized carbons (Fsp3) is 0.650. The molecule has 0 N–H and O–H groups in total. The lowest BCUT2D eigenvalue weighted by atomic mass is 10.0. The van der Waals surface area contributed by atoms with Crippen molar-refractivity contribution >= 4 is 11.7 Å². The number of piperazine rings is 1. The Hall–Kier alpha value is -1.71. The Morgan fingerprint density at radius 3 is 2.54 bits per heavy atom. The van der Waals surface area contributed by atoms with Gasteiger partial charge in [0.05, 0.1) is 0 Å². The van der Waals surface area contributed by atoms with E-state index in [2.05, 4.69) is 53.7 Å². The Bertz CT molecular complexity index is 578. The minimum absolute atomic E-state index is 0.266. The molecule has 132 valence electrons. The van der Waals surface area contributed by atoms with E-state index >= 15 is 0 Å². The molecule has 2 fully saturated rings. The van der Waals surface area contributed by atoms with Crippen molar-refractivity contribution in [2.45, 2.75) is 52.5 Å². The molecule has 0 saturated carbocycles. The number of rotatable bonds is 2. The van der Waals surface area contributed by atoms with Crippen LogP contribution in [0.25, 0.3) is 0 Å². The summed E-state index contributed by atoms with van der Waals surface area (Å²) < 4.78 is 0. The molecule has 3 rings (SSSR count). The Morgan fingerprint density at radius 1 is 1.08 bits per heavy atom. The van der Waals surface area contributed by atoms with Crippen molar-refractivity contribution in [3.8, 4) is 0 Å². The lowest BCUT2D eigenvalue weighted by molar-refractivity contribution is 0.111. The first-order valence-corrected chi connectivity index (χ1v) is 9.48. The van der Waals surface area contributed by atoms with Gasteiger partial charge in [0.1, 0.15) is 0 Å². The van der Waals surface area contributed by atoms with Crippen LogP contribution in [0.4, 0.5) is 10.5 Å². The topological polar surface area (TPSA) is 26.8 Å². The van der Waals surface area contributed by atoms with Gasteiger partial charge in [-0.3, -0.25) is 0 Å². The van der Waals surface area contributed by atoms with Crippen molar-refractivity contribution in [2.75, 3.05) is 37.6 Å². The second-order valence-electron chi connectivity index (χ2n) is 7.23. The van der Waals surface area contributed by atoms with Gasteiger partial charge in [-0.25, -0.2) is 4.79 Å². The molecule has 1 aromatic carbocycles. The molecular formula is C20H31N3O. The van der Waals surface area contributed by atoms with Gasteiger partial charge in [-0.1, -0.05) is 19.1 Å². The van der Waals surface area contributed by atoms with Crippen LogP contribution in [0.3, 0.4) is 0 Å². The maximum Gasteiger partial charge on any atom is 0.320 e. The van der Waals surface area contributed by atoms with E-state index in [0.29, 0.717) is 6.04 Å². The van der Waals surface area contributed by atoms with Crippen LogP contribution >= 0.6 is 0 Å². The van der Waals surface area contributed by atoms with Crippen LogP contribution in [-0.4, -0.2) is 54.6 Å². The van der Waals surface area contributed by atoms with Gasteiger partial charge >= 0.3 is 6.03 Å². The van der Waals surface area contributed by atoms with Crippen molar-refractivity contribution in [3.63, 3.8) is 0 Å². The molecular weight excluding hydrogens is 298 g/mol. The highest BCUT2D eigenvalue weighted by Crippen LogP contribution is 2.25. The molecule has 0 aliphatic carbocycles. The van der Waals surface area contributed by atoms with Crippen LogP contribution in [0.15, 0.2) is 18.2 Å². The van der Waals surface area contributed by atoms with Crippen molar-refractivity contribution < 1.29 is 4.79 Å². The number of piperidine rings is 1. The lowest BCUT2D eigenvalue weighted by Gasteiger charge is -2.42. The predicted octanol–water partition coefficient (Wildman–Crippen LogP) is 3.81. The first-order chi connectivity index (χ1) is 11.6. The molecule has 2 heterocycles. The molecule has 0 aromatic heterocycles. The van der Waals surface area contributed by atoms with Crippen LogP contribution in [0.5, 0.6) is 0 Å². The molecule has 2 aliphatic heterocycles. The van der Waals surface area contributed by atoms with Gasteiger partial charge in [0, 0.05) is 44.5 Å². The van der Waals surface area contributed by atoms with Crippen LogP contribution in [0.2, 0.25) is 0 Å². The first-order valence-electron chi connectivity index (χ1n) is 9.48. The van der Waals surface area contributed by atoms with Crippen LogP contribution in [0.1, 0.15) is 43.7 Å². The zero-order valence-corrected chi connectivity index (χ0v) is 15.4. The van der Waals surface area contributed by atoms with E-state index in [4.69, 9.17) is 0 Å². The summed E-state index contributed by atoms with van der Waals surface area (Å²) in [6.45, 7) is 11.0. The zero-order chi connectivity index (χ0) is 17.1. The predicted molar refractivity (Wildman–Crippen MR) is 99.7 cm³/mol. The summed E-state index contributed by atoms with van der Waals surface area (Å²) in [6.07, 6.45) is 4.67. The monoisotopic (exact) mass is 329 g/mol. The summed E-state index contributed by atoms with van der Waals surface area (Å²) in [5.74, 6) is 0. The number of urea groups is 1. The molecule has 1 aromatic rings. The summed E-state index contributed by atoms with van der Waals surface area (Å²) in [4.78, 5) is 19.6. The molecule has 4 heteroatoms. The number of likely N-dealkylation sites (tertiary alicyclic amines) is 1. The van der Waals surface area contributed by atoms with E-state index in [0.717, 1.165) is 45.6 Å². The average molecular weight is 329 g/mol. The standard InChI is InChI=1S/C20H31N3O/c1-4-18-9-5-6-11-23(18)20(24)22-14-12-21(13-15-22)19-10-7-8-16(2)17(19)3/h7-8,10,18H,4-6,9,11-15H2,1-3H3. The third-order valence-corrected chi connectivity index (χ3v) is 5.81. The molecule has 2 aliphatic rings. The van der Waals surface area contributed by atoms with Crippen LogP contribution in [0, 0.1) is 13.8 Å². The maximum atomic E-state index is 12.9. The van der Waals surface area contributed by atoms with Gasteiger partial charge in [0.25, 0.3) is 0 Å². The second kappa shape index (κ2) is 7.45. The molecule has 0 bridgehead atoms. The average Bonchev–Trinajstić information content (AvgIpc) is 2.63. The summed E-state index contributed by atoms with van der Waals surface area (Å²) in [7, 11) is 0. The van der Waals surface area contributed by atoms with E-state index in [-0.39, 0.29) is 6.03 Å². The number of carbonyl (C=O) groups is 1. The van der Waals surface area contributed by atoms with Gasteiger partial charge in [-0.15, -0.1) is 0 Å². The van der Waals surface area contributed by atoms with E-state index in [1.807, 2.05) is 0 Å². The third-order valence-electron chi connectivity index (χ3n) is 5.81. The summed E-state index contributed by atoms with van der Waals surface area (Å²) in [5.41, 5.74) is 4.02. The molecule has 4 nitrogen and oxygen atoms in total. The fourth-order valence-corrected chi connectivity index (χ4v) is 4.08. The number of hydrogen-bond donors (Lipinski definition) is 0. The summed E-state index contributed by atoms with van der Waals surface area (Å²) in [5, 5.41) is 0. The molecule has 0 radical (unpaired) electrons. The quantitative estimate of drug-likeness (QED) is 0.825. The summed E-state index contributed by atoms with van der Waals surface area (Å²) >= 11 is 0. The van der Waals surface area contributed by atoms with Crippen molar-refractivity contribution in [3.05, 3.63) is 29.3 Å². The highest BCUT2D eigenvalue weighted by molar-refractivity contribution is 5.75. The zero-order valence-electron chi connectivity index (χ0n) is 15.4. The molecule has 2 amide bonds. The number of amides is 2. The lowest BCUT2D eigenvalue weighted by Crippen LogP contribution is -2.56. The minimum atomic E-state index is 0.266. The number of benzene rings is 1. The van der Waals surface area contributed by atoms with Gasteiger partial charge in [0.2, 0.25) is 0 Å². The van der Waals surface area contributed by atoms with Gasteiger partial charge < -0.3 is 14.7 Å². The highest BCUT2D eigenvalue weighted by Gasteiger charge is 2.30. The van der Waals surface area contributed by atoms with E-state index < -0.39 is 0 Å². The normalized spacial score (nSPS) is 22.0. The third kappa shape index (κ3) is 3.38. The summed E-state index contributed by atoms with van der Waals surface area (Å²) in [6, 6.07) is 7.22. The molecule has 1 atom stereocenters. The number of anilines is 1. The van der Waals surface area contributed by atoms with Gasteiger partial charge in [0.15, 0.2) is 0 Å². The molecule has 24 heavy (non-hydrogen) atoms.